The fourth-order valence-corrected chi connectivity index (χ4v) is 2.24. The van der Waals surface area contributed by atoms with Gasteiger partial charge in [-0.1, -0.05) is 0 Å². The predicted molar refractivity (Wildman–Crippen MR) is 65.8 cm³/mol. The van der Waals surface area contributed by atoms with Crippen molar-refractivity contribution in [2.45, 2.75) is 32.7 Å². The molecule has 1 fully saturated rings. The Hall–Kier alpha value is -1.16. The van der Waals surface area contributed by atoms with E-state index in [1.807, 2.05) is 27.0 Å². The minimum atomic E-state index is 0.568. The number of nitrogens with one attached hydrogen (secondary N) is 1. The van der Waals surface area contributed by atoms with Gasteiger partial charge in [0.25, 0.3) is 0 Å². The summed E-state index contributed by atoms with van der Waals surface area (Å²) < 4.78 is 0. The van der Waals surface area contributed by atoms with E-state index in [1.165, 1.54) is 12.8 Å². The second-order valence-electron chi connectivity index (χ2n) is 4.52. The first kappa shape index (κ1) is 11.3. The number of anilines is 1. The maximum atomic E-state index is 4.51. The van der Waals surface area contributed by atoms with E-state index in [0.29, 0.717) is 6.04 Å². The van der Waals surface area contributed by atoms with E-state index in [1.54, 1.807) is 0 Å². The van der Waals surface area contributed by atoms with Crippen molar-refractivity contribution in [1.82, 2.24) is 15.3 Å². The third-order valence-corrected chi connectivity index (χ3v) is 3.08. The molecule has 16 heavy (non-hydrogen) atoms. The Bertz CT molecular complexity index is 344. The van der Waals surface area contributed by atoms with Crippen molar-refractivity contribution in [2.75, 3.05) is 25.0 Å². The van der Waals surface area contributed by atoms with Crippen LogP contribution in [-0.2, 0) is 0 Å². The average molecular weight is 220 g/mol. The summed E-state index contributed by atoms with van der Waals surface area (Å²) in [4.78, 5) is 11.3. The van der Waals surface area contributed by atoms with Crippen molar-refractivity contribution < 1.29 is 0 Å². The summed E-state index contributed by atoms with van der Waals surface area (Å²) in [6.07, 6.45) is 2.46. The zero-order chi connectivity index (χ0) is 11.5. The van der Waals surface area contributed by atoms with Crippen LogP contribution in [-0.4, -0.2) is 36.1 Å². The maximum Gasteiger partial charge on any atom is 0.225 e. The number of aromatic nitrogens is 2. The van der Waals surface area contributed by atoms with Crippen LogP contribution in [0.5, 0.6) is 0 Å². The van der Waals surface area contributed by atoms with Gasteiger partial charge in [-0.15, -0.1) is 0 Å². The molecule has 4 nitrogen and oxygen atoms in total. The molecule has 0 saturated carbocycles. The number of rotatable bonds is 2. The van der Waals surface area contributed by atoms with E-state index in [9.17, 15) is 0 Å². The maximum absolute atomic E-state index is 4.51. The molecule has 2 rings (SSSR count). The Morgan fingerprint density at radius 1 is 1.31 bits per heavy atom. The van der Waals surface area contributed by atoms with E-state index in [2.05, 4.69) is 20.2 Å². The zero-order valence-corrected chi connectivity index (χ0v) is 10.3. The molecule has 0 unspecified atom stereocenters. The summed E-state index contributed by atoms with van der Waals surface area (Å²) in [6, 6.07) is 2.58. The molecule has 1 saturated heterocycles. The summed E-state index contributed by atoms with van der Waals surface area (Å²) in [5, 5.41) is 3.34. The molecule has 4 heteroatoms. The van der Waals surface area contributed by atoms with Crippen LogP contribution in [0.25, 0.3) is 0 Å². The molecule has 0 radical (unpaired) electrons. The Morgan fingerprint density at radius 2 is 2.00 bits per heavy atom. The van der Waals surface area contributed by atoms with Crippen molar-refractivity contribution >= 4 is 5.95 Å². The summed E-state index contributed by atoms with van der Waals surface area (Å²) in [5.41, 5.74) is 2.10. The highest BCUT2D eigenvalue weighted by molar-refractivity contribution is 5.33. The smallest absolute Gasteiger partial charge is 0.225 e. The summed E-state index contributed by atoms with van der Waals surface area (Å²) >= 11 is 0. The molecule has 0 spiro atoms. The number of hydrogen-bond acceptors (Lipinski definition) is 4. The first-order valence-corrected chi connectivity index (χ1v) is 5.93. The number of hydrogen-bond donors (Lipinski definition) is 1. The van der Waals surface area contributed by atoms with Gasteiger partial charge in [-0.05, 0) is 39.8 Å². The summed E-state index contributed by atoms with van der Waals surface area (Å²) in [6.45, 7) is 6.13. The van der Waals surface area contributed by atoms with Crippen LogP contribution in [0.1, 0.15) is 24.2 Å². The number of aryl methyl sites for hydroxylation is 2. The van der Waals surface area contributed by atoms with Crippen molar-refractivity contribution in [2.24, 2.45) is 0 Å². The second kappa shape index (κ2) is 4.78. The van der Waals surface area contributed by atoms with Gasteiger partial charge in [-0.2, -0.15) is 0 Å². The van der Waals surface area contributed by atoms with Crippen LogP contribution in [0, 0.1) is 13.8 Å². The molecule has 1 N–H and O–H groups in total. The predicted octanol–water partition coefficient (Wildman–Crippen LogP) is 1.28. The minimum absolute atomic E-state index is 0.568. The Kier molecular flexibility index (Phi) is 3.39. The van der Waals surface area contributed by atoms with Crippen LogP contribution in [0.4, 0.5) is 5.95 Å². The van der Waals surface area contributed by atoms with E-state index >= 15 is 0 Å². The molecule has 1 aromatic rings. The number of nitrogens with zero attached hydrogens (tertiary/aromatic N) is 3. The van der Waals surface area contributed by atoms with Crippen LogP contribution >= 0.6 is 0 Å². The van der Waals surface area contributed by atoms with Crippen LogP contribution < -0.4 is 10.2 Å². The first-order valence-electron chi connectivity index (χ1n) is 5.93. The fraction of sp³-hybridized carbons (Fsp3) is 0.667. The van der Waals surface area contributed by atoms with Crippen LogP contribution in [0.2, 0.25) is 0 Å². The van der Waals surface area contributed by atoms with Gasteiger partial charge in [-0.3, -0.25) is 0 Å². The molecule has 1 aliphatic rings. The van der Waals surface area contributed by atoms with Crippen LogP contribution in [0.15, 0.2) is 6.07 Å². The Morgan fingerprint density at radius 3 is 2.62 bits per heavy atom. The first-order chi connectivity index (χ1) is 7.69. The van der Waals surface area contributed by atoms with Crippen molar-refractivity contribution in [3.05, 3.63) is 17.5 Å². The minimum Gasteiger partial charge on any atom is -0.339 e. The molecule has 1 aliphatic heterocycles. The lowest BCUT2D eigenvalue weighted by Crippen LogP contribution is -2.45. The van der Waals surface area contributed by atoms with Gasteiger partial charge < -0.3 is 10.2 Å². The quantitative estimate of drug-likeness (QED) is 0.815. The number of likely N-dealkylation sites (N-methyl/N-ethyl adjacent to an activating group) is 1. The Labute approximate surface area is 97.1 Å². The SMILES string of the molecule is CN[C@@H]1CCCN(c2nc(C)cc(C)n2)C1. The van der Waals surface area contributed by atoms with E-state index in [-0.39, 0.29) is 0 Å². The molecule has 0 aliphatic carbocycles. The van der Waals surface area contributed by atoms with Crippen molar-refractivity contribution in [3.8, 4) is 0 Å². The molecule has 0 aromatic carbocycles. The van der Waals surface area contributed by atoms with Gasteiger partial charge in [0.15, 0.2) is 0 Å². The molecule has 1 aromatic heterocycles. The number of piperidine rings is 1. The van der Waals surface area contributed by atoms with E-state index in [0.717, 1.165) is 30.4 Å². The molecular weight excluding hydrogens is 200 g/mol. The topological polar surface area (TPSA) is 41.0 Å². The summed E-state index contributed by atoms with van der Waals surface area (Å²) in [7, 11) is 2.02. The Balaban J connectivity index is 2.16. The van der Waals surface area contributed by atoms with Gasteiger partial charge in [0.2, 0.25) is 5.95 Å². The monoisotopic (exact) mass is 220 g/mol. The van der Waals surface area contributed by atoms with Gasteiger partial charge >= 0.3 is 0 Å². The molecule has 2 heterocycles. The second-order valence-corrected chi connectivity index (χ2v) is 4.52. The lowest BCUT2D eigenvalue weighted by Gasteiger charge is -2.32. The highest BCUT2D eigenvalue weighted by Gasteiger charge is 2.20. The normalized spacial score (nSPS) is 21.2. The molecule has 0 bridgehead atoms. The van der Waals surface area contributed by atoms with Crippen molar-refractivity contribution in [1.29, 1.82) is 0 Å². The standard InChI is InChI=1S/C12H20N4/c1-9-7-10(2)15-12(14-9)16-6-4-5-11(8-16)13-3/h7,11,13H,4-6,8H2,1-3H3/t11-/m1/s1. The molecular formula is C12H20N4. The highest BCUT2D eigenvalue weighted by Crippen LogP contribution is 2.16. The third-order valence-electron chi connectivity index (χ3n) is 3.08. The van der Waals surface area contributed by atoms with Gasteiger partial charge in [0.05, 0.1) is 0 Å². The fourth-order valence-electron chi connectivity index (χ4n) is 2.24. The molecule has 1 atom stereocenters. The van der Waals surface area contributed by atoms with E-state index < -0.39 is 0 Å². The van der Waals surface area contributed by atoms with Gasteiger partial charge in [0.1, 0.15) is 0 Å². The lowest BCUT2D eigenvalue weighted by atomic mass is 10.1. The largest absolute Gasteiger partial charge is 0.339 e. The molecule has 88 valence electrons. The third kappa shape index (κ3) is 2.50. The highest BCUT2D eigenvalue weighted by atomic mass is 15.3. The van der Waals surface area contributed by atoms with E-state index in [4.69, 9.17) is 0 Å². The average Bonchev–Trinajstić information content (AvgIpc) is 2.28. The lowest BCUT2D eigenvalue weighted by molar-refractivity contribution is 0.445. The zero-order valence-electron chi connectivity index (χ0n) is 10.3. The van der Waals surface area contributed by atoms with Crippen LogP contribution in [0.3, 0.4) is 0 Å². The van der Waals surface area contributed by atoms with Crippen molar-refractivity contribution in [3.63, 3.8) is 0 Å². The summed E-state index contributed by atoms with van der Waals surface area (Å²) in [5.74, 6) is 0.887. The molecule has 0 amide bonds. The van der Waals surface area contributed by atoms with Gasteiger partial charge in [0, 0.05) is 30.5 Å². The van der Waals surface area contributed by atoms with Gasteiger partial charge in [-0.25, -0.2) is 9.97 Å².